The summed E-state index contributed by atoms with van der Waals surface area (Å²) in [5.41, 5.74) is 2.34. The third-order valence-electron chi connectivity index (χ3n) is 4.05. The van der Waals surface area contributed by atoms with Crippen LogP contribution in [0.2, 0.25) is 0 Å². The molecule has 2 rings (SSSR count). The Bertz CT molecular complexity index is 714. The number of carbonyl (C=O) groups excluding carboxylic acids is 1. The molecule has 5 heteroatoms. The van der Waals surface area contributed by atoms with Gasteiger partial charge in [0.2, 0.25) is 0 Å². The molecule has 2 aromatic rings. The van der Waals surface area contributed by atoms with Crippen molar-refractivity contribution in [3.8, 4) is 5.75 Å². The number of rotatable bonds is 8. The van der Waals surface area contributed by atoms with Crippen molar-refractivity contribution >= 4 is 56.8 Å². The smallest absolute Gasteiger partial charge is 0.259 e. The molecule has 3 nitrogen and oxygen atoms in total. The van der Waals surface area contributed by atoms with Gasteiger partial charge in [-0.3, -0.25) is 4.79 Å². The van der Waals surface area contributed by atoms with E-state index in [1.54, 1.807) is 6.07 Å². The average Bonchev–Trinajstić information content (AvgIpc) is 2.59. The number of nitrogens with one attached hydrogen (secondary N) is 1. The number of benzene rings is 2. The second-order valence-corrected chi connectivity index (χ2v) is 8.51. The summed E-state index contributed by atoms with van der Waals surface area (Å²) in [7, 11) is 0. The Labute approximate surface area is 176 Å². The summed E-state index contributed by atoms with van der Waals surface area (Å²) in [4.78, 5) is 12.4. The van der Waals surface area contributed by atoms with Crippen LogP contribution < -0.4 is 5.32 Å². The maximum atomic E-state index is 12.4. The highest BCUT2D eigenvalue weighted by atomic mass is 127. The van der Waals surface area contributed by atoms with E-state index in [-0.39, 0.29) is 11.7 Å². The third kappa shape index (κ3) is 6.44. The number of hydrogen-bond donors (Lipinski definition) is 2. The van der Waals surface area contributed by atoms with E-state index in [1.165, 1.54) is 37.7 Å². The second kappa shape index (κ2) is 10.4. The van der Waals surface area contributed by atoms with Gasteiger partial charge in [-0.1, -0.05) is 44.7 Å². The summed E-state index contributed by atoms with van der Waals surface area (Å²) in [6.45, 7) is 2.23. The predicted octanol–water partition coefficient (Wildman–Crippen LogP) is 6.37. The first-order valence-corrected chi connectivity index (χ1v) is 10.7. The van der Waals surface area contributed by atoms with Crippen molar-refractivity contribution < 1.29 is 9.90 Å². The maximum Gasteiger partial charge on any atom is 0.259 e. The molecule has 0 bridgehead atoms. The van der Waals surface area contributed by atoms with Crippen LogP contribution in [0, 0.1) is 7.14 Å². The van der Waals surface area contributed by atoms with E-state index in [4.69, 9.17) is 0 Å². The fraction of sp³-hybridized carbons (Fsp3) is 0.350. The summed E-state index contributed by atoms with van der Waals surface area (Å²) < 4.78 is 1.59. The number of unbranched alkanes of at least 4 members (excludes halogenated alkanes) is 4. The molecule has 134 valence electrons. The van der Waals surface area contributed by atoms with Crippen molar-refractivity contribution in [3.05, 3.63) is 54.7 Å². The molecule has 0 atom stereocenters. The van der Waals surface area contributed by atoms with E-state index < -0.39 is 0 Å². The molecular weight excluding hydrogens is 540 g/mol. The van der Waals surface area contributed by atoms with Gasteiger partial charge in [0.05, 0.1) is 9.13 Å². The predicted molar refractivity (Wildman–Crippen MR) is 120 cm³/mol. The molecule has 0 aromatic heterocycles. The van der Waals surface area contributed by atoms with Crippen molar-refractivity contribution in [1.29, 1.82) is 0 Å². The SMILES string of the molecule is CCCCCCCc1ccc(NC(=O)c2cc(I)cc(I)c2O)cc1. The largest absolute Gasteiger partial charge is 0.506 e. The number of carbonyl (C=O) groups is 1. The first-order chi connectivity index (χ1) is 12.0. The molecule has 0 radical (unpaired) electrons. The number of amides is 1. The molecule has 0 aliphatic rings. The van der Waals surface area contributed by atoms with Crippen molar-refractivity contribution in [2.24, 2.45) is 0 Å². The standard InChI is InChI=1S/C20H23I2NO2/c1-2-3-4-5-6-7-14-8-10-16(11-9-14)23-20(25)17-12-15(21)13-18(22)19(17)24/h8-13,24H,2-7H2,1H3,(H,23,25). The molecule has 2 N–H and O–H groups in total. The molecule has 0 aliphatic carbocycles. The van der Waals surface area contributed by atoms with Gasteiger partial charge in [-0.15, -0.1) is 0 Å². The van der Waals surface area contributed by atoms with Crippen molar-refractivity contribution in [3.63, 3.8) is 0 Å². The van der Waals surface area contributed by atoms with E-state index in [0.717, 1.165) is 15.7 Å². The number of aryl methyl sites for hydroxylation is 1. The fourth-order valence-corrected chi connectivity index (χ4v) is 4.47. The second-order valence-electron chi connectivity index (χ2n) is 6.10. The van der Waals surface area contributed by atoms with Gasteiger partial charge in [0.25, 0.3) is 5.91 Å². The minimum Gasteiger partial charge on any atom is -0.506 e. The minimum absolute atomic E-state index is 0.0298. The highest BCUT2D eigenvalue weighted by Crippen LogP contribution is 2.27. The van der Waals surface area contributed by atoms with E-state index in [2.05, 4.69) is 47.0 Å². The molecule has 0 spiro atoms. The number of aromatic hydroxyl groups is 1. The van der Waals surface area contributed by atoms with E-state index in [0.29, 0.717) is 9.13 Å². The van der Waals surface area contributed by atoms with Crippen LogP contribution in [0.5, 0.6) is 5.75 Å². The molecule has 2 aromatic carbocycles. The van der Waals surface area contributed by atoms with Crippen LogP contribution in [-0.2, 0) is 6.42 Å². The first kappa shape index (κ1) is 20.5. The minimum atomic E-state index is -0.291. The lowest BCUT2D eigenvalue weighted by atomic mass is 10.1. The van der Waals surface area contributed by atoms with Crippen LogP contribution in [0.15, 0.2) is 36.4 Å². The van der Waals surface area contributed by atoms with Gasteiger partial charge in [0, 0.05) is 9.26 Å². The number of phenolic OH excluding ortho intramolecular Hbond substituents is 1. The lowest BCUT2D eigenvalue weighted by molar-refractivity contribution is 0.102. The van der Waals surface area contributed by atoms with Crippen LogP contribution in [0.3, 0.4) is 0 Å². The van der Waals surface area contributed by atoms with Gasteiger partial charge >= 0.3 is 0 Å². The van der Waals surface area contributed by atoms with E-state index in [1.807, 2.05) is 40.8 Å². The van der Waals surface area contributed by atoms with Gasteiger partial charge in [0.15, 0.2) is 0 Å². The third-order valence-corrected chi connectivity index (χ3v) is 5.50. The van der Waals surface area contributed by atoms with Gasteiger partial charge in [-0.05, 0) is 87.9 Å². The number of hydrogen-bond acceptors (Lipinski definition) is 2. The quantitative estimate of drug-likeness (QED) is 0.290. The van der Waals surface area contributed by atoms with Crippen LogP contribution >= 0.6 is 45.2 Å². The maximum absolute atomic E-state index is 12.4. The van der Waals surface area contributed by atoms with Gasteiger partial charge in [-0.2, -0.15) is 0 Å². The Morgan fingerprint density at radius 1 is 1.04 bits per heavy atom. The number of anilines is 1. The zero-order valence-electron chi connectivity index (χ0n) is 14.3. The Kier molecular flexibility index (Phi) is 8.48. The highest BCUT2D eigenvalue weighted by molar-refractivity contribution is 14.1. The topological polar surface area (TPSA) is 49.3 Å². The number of halogens is 2. The van der Waals surface area contributed by atoms with Crippen LogP contribution in [0.1, 0.15) is 54.9 Å². The summed E-state index contributed by atoms with van der Waals surface area (Å²) >= 11 is 4.17. The summed E-state index contributed by atoms with van der Waals surface area (Å²) in [6.07, 6.45) is 7.45. The fourth-order valence-electron chi connectivity index (χ4n) is 2.62. The molecule has 25 heavy (non-hydrogen) atoms. The lowest BCUT2D eigenvalue weighted by Gasteiger charge is -2.09. The Morgan fingerprint density at radius 2 is 1.72 bits per heavy atom. The summed E-state index contributed by atoms with van der Waals surface area (Å²) in [5, 5.41) is 13.0. The normalized spacial score (nSPS) is 10.7. The van der Waals surface area contributed by atoms with Crippen molar-refractivity contribution in [1.82, 2.24) is 0 Å². The zero-order chi connectivity index (χ0) is 18.2. The lowest BCUT2D eigenvalue weighted by Crippen LogP contribution is -2.12. The Hall–Kier alpha value is -0.830. The molecule has 0 unspecified atom stereocenters. The Morgan fingerprint density at radius 3 is 2.40 bits per heavy atom. The van der Waals surface area contributed by atoms with Crippen LogP contribution in [0.4, 0.5) is 5.69 Å². The Balaban J connectivity index is 1.94. The molecule has 0 saturated carbocycles. The van der Waals surface area contributed by atoms with E-state index in [9.17, 15) is 9.90 Å². The molecule has 0 fully saturated rings. The van der Waals surface area contributed by atoms with Crippen LogP contribution in [-0.4, -0.2) is 11.0 Å². The van der Waals surface area contributed by atoms with Gasteiger partial charge in [-0.25, -0.2) is 0 Å². The van der Waals surface area contributed by atoms with Gasteiger partial charge < -0.3 is 10.4 Å². The summed E-state index contributed by atoms with van der Waals surface area (Å²) in [6, 6.07) is 11.5. The van der Waals surface area contributed by atoms with Crippen molar-refractivity contribution in [2.75, 3.05) is 5.32 Å². The van der Waals surface area contributed by atoms with Gasteiger partial charge in [0.1, 0.15) is 5.75 Å². The molecule has 0 aliphatic heterocycles. The van der Waals surface area contributed by atoms with Crippen LogP contribution in [0.25, 0.3) is 0 Å². The average molecular weight is 563 g/mol. The highest BCUT2D eigenvalue weighted by Gasteiger charge is 2.15. The summed E-state index contributed by atoms with van der Waals surface area (Å²) in [5.74, 6) is -0.261. The first-order valence-electron chi connectivity index (χ1n) is 8.59. The number of phenols is 1. The van der Waals surface area contributed by atoms with Crippen molar-refractivity contribution in [2.45, 2.75) is 45.4 Å². The van der Waals surface area contributed by atoms with E-state index >= 15 is 0 Å². The molecule has 0 heterocycles. The molecular formula is C20H23I2NO2. The zero-order valence-corrected chi connectivity index (χ0v) is 18.6. The molecule has 0 saturated heterocycles. The monoisotopic (exact) mass is 563 g/mol. The molecule has 1 amide bonds.